The number of ether oxygens (including phenoxy) is 2. The maximum Gasteiger partial charge on any atom is 0.251 e. The van der Waals surface area contributed by atoms with Crippen molar-refractivity contribution in [2.45, 2.75) is 94.5 Å². The van der Waals surface area contributed by atoms with Crippen LogP contribution >= 0.6 is 0 Å². The molecule has 0 unspecified atom stereocenters. The van der Waals surface area contributed by atoms with Gasteiger partial charge in [-0.2, -0.15) is 0 Å². The third-order valence-corrected chi connectivity index (χ3v) is 5.10. The van der Waals surface area contributed by atoms with Gasteiger partial charge in [0.25, 0.3) is 5.91 Å². The van der Waals surface area contributed by atoms with Crippen molar-refractivity contribution < 1.29 is 50.0 Å². The van der Waals surface area contributed by atoms with E-state index in [1.165, 1.54) is 6.42 Å². The number of unbranched alkanes of at least 4 members (excludes halogenated alkanes) is 5. The number of rotatable bonds is 14. The van der Waals surface area contributed by atoms with Gasteiger partial charge in [0, 0.05) is 6.54 Å². The van der Waals surface area contributed by atoms with E-state index in [0.717, 1.165) is 32.1 Å². The molecule has 0 radical (unpaired) electrons. The highest BCUT2D eigenvalue weighted by Gasteiger charge is 2.44. The van der Waals surface area contributed by atoms with Crippen molar-refractivity contribution in [1.82, 2.24) is 5.32 Å². The van der Waals surface area contributed by atoms with E-state index in [4.69, 9.17) is 14.6 Å². The summed E-state index contributed by atoms with van der Waals surface area (Å²) in [6.45, 7) is 1.17. The fourth-order valence-electron chi connectivity index (χ4n) is 3.08. The molecule has 0 bridgehead atoms. The summed E-state index contributed by atoms with van der Waals surface area (Å²) in [7, 11) is 0. The number of hydrogen-bond donors (Lipinski definition) is 8. The molecular weight excluding hydrogens is 402 g/mol. The van der Waals surface area contributed by atoms with E-state index in [1.807, 2.05) is 0 Å². The molecule has 1 aliphatic rings. The Morgan fingerprint density at radius 2 is 1.63 bits per heavy atom. The number of carbonyl (C=O) groups is 1. The lowest BCUT2D eigenvalue weighted by Crippen LogP contribution is -2.59. The zero-order valence-corrected chi connectivity index (χ0v) is 17.3. The highest BCUT2D eigenvalue weighted by atomic mass is 16.7. The molecule has 8 atom stereocenters. The van der Waals surface area contributed by atoms with Crippen LogP contribution in [0.3, 0.4) is 0 Å². The van der Waals surface area contributed by atoms with Gasteiger partial charge in [-0.1, -0.05) is 39.0 Å². The topological polar surface area (TPSA) is 189 Å². The quantitative estimate of drug-likeness (QED) is 0.133. The average Bonchev–Trinajstić information content (AvgIpc) is 2.74. The van der Waals surface area contributed by atoms with Crippen LogP contribution in [0.4, 0.5) is 0 Å². The Balaban J connectivity index is 2.36. The molecule has 8 N–H and O–H groups in total. The smallest absolute Gasteiger partial charge is 0.251 e. The summed E-state index contributed by atoms with van der Waals surface area (Å²) in [5, 5.41) is 70.7. The second kappa shape index (κ2) is 14.2. The van der Waals surface area contributed by atoms with Gasteiger partial charge in [0.15, 0.2) is 12.4 Å². The first-order valence-electron chi connectivity index (χ1n) is 10.5. The second-order valence-electron chi connectivity index (χ2n) is 7.59. The van der Waals surface area contributed by atoms with Crippen molar-refractivity contribution in [3.8, 4) is 0 Å². The normalized spacial score (nSPS) is 29.9. The first-order valence-corrected chi connectivity index (χ1v) is 10.5. The molecule has 0 aromatic heterocycles. The van der Waals surface area contributed by atoms with Gasteiger partial charge in [-0.15, -0.1) is 0 Å². The minimum atomic E-state index is -1.89. The van der Waals surface area contributed by atoms with Gasteiger partial charge in [0.05, 0.1) is 13.2 Å². The third kappa shape index (κ3) is 8.33. The molecule has 1 rings (SSSR count). The van der Waals surface area contributed by atoms with Crippen LogP contribution in [0, 0.1) is 0 Å². The Labute approximate surface area is 176 Å². The third-order valence-electron chi connectivity index (χ3n) is 5.10. The second-order valence-corrected chi connectivity index (χ2v) is 7.59. The van der Waals surface area contributed by atoms with Crippen LogP contribution < -0.4 is 5.32 Å². The summed E-state index contributed by atoms with van der Waals surface area (Å²) in [5.41, 5.74) is 0. The fourth-order valence-corrected chi connectivity index (χ4v) is 3.08. The van der Waals surface area contributed by atoms with Gasteiger partial charge in [-0.25, -0.2) is 0 Å². The Morgan fingerprint density at radius 1 is 1.00 bits per heavy atom. The number of amides is 1. The number of nitrogens with one attached hydrogen (secondary N) is 1. The van der Waals surface area contributed by atoms with Crippen molar-refractivity contribution >= 4 is 5.91 Å². The molecule has 0 spiro atoms. The lowest BCUT2D eigenvalue weighted by Gasteiger charge is -2.40. The predicted molar refractivity (Wildman–Crippen MR) is 104 cm³/mol. The summed E-state index contributed by atoms with van der Waals surface area (Å²) < 4.78 is 10.2. The Morgan fingerprint density at radius 3 is 2.27 bits per heavy atom. The van der Waals surface area contributed by atoms with E-state index < -0.39 is 68.1 Å². The molecule has 1 saturated heterocycles. The molecular formula is C19H37NO10. The van der Waals surface area contributed by atoms with E-state index in [9.17, 15) is 35.4 Å². The standard InChI is InChI=1S/C19H37NO10/c1-2-3-4-5-6-7-8-20-18(28)16(26)13(23)11(22)10-29-19-17(27)15(25)14(24)12(9-21)30-19/h11-17,19,21-27H,2-10H2,1H3,(H,20,28)/t11-,12+,13+,14+,15-,16-,17+,19-/m0/s1. The highest BCUT2D eigenvalue weighted by Crippen LogP contribution is 2.22. The van der Waals surface area contributed by atoms with Gasteiger partial charge in [0.1, 0.15) is 36.6 Å². The van der Waals surface area contributed by atoms with E-state index in [-0.39, 0.29) is 0 Å². The molecule has 11 heteroatoms. The number of aliphatic hydroxyl groups is 7. The zero-order valence-electron chi connectivity index (χ0n) is 17.3. The van der Waals surface area contributed by atoms with E-state index >= 15 is 0 Å². The van der Waals surface area contributed by atoms with Crippen molar-refractivity contribution in [2.75, 3.05) is 19.8 Å². The lowest BCUT2D eigenvalue weighted by atomic mass is 9.99. The minimum Gasteiger partial charge on any atom is -0.394 e. The van der Waals surface area contributed by atoms with E-state index in [2.05, 4.69) is 12.2 Å². The van der Waals surface area contributed by atoms with Crippen LogP contribution in [0.15, 0.2) is 0 Å². The van der Waals surface area contributed by atoms with Gasteiger partial charge in [-0.05, 0) is 6.42 Å². The number of aliphatic hydroxyl groups excluding tert-OH is 7. The van der Waals surface area contributed by atoms with Crippen molar-refractivity contribution in [1.29, 1.82) is 0 Å². The highest BCUT2D eigenvalue weighted by molar-refractivity contribution is 5.81. The minimum absolute atomic E-state index is 0.339. The number of hydrogen-bond acceptors (Lipinski definition) is 10. The summed E-state index contributed by atoms with van der Waals surface area (Å²) in [5.74, 6) is -0.831. The molecule has 1 amide bonds. The van der Waals surface area contributed by atoms with Crippen molar-refractivity contribution in [3.05, 3.63) is 0 Å². The molecule has 11 nitrogen and oxygen atoms in total. The Kier molecular flexibility index (Phi) is 12.9. The summed E-state index contributed by atoms with van der Waals surface area (Å²) in [6, 6.07) is 0. The van der Waals surface area contributed by atoms with Crippen molar-refractivity contribution in [2.24, 2.45) is 0 Å². The van der Waals surface area contributed by atoms with E-state index in [1.54, 1.807) is 0 Å². The molecule has 178 valence electrons. The van der Waals surface area contributed by atoms with Gasteiger partial charge >= 0.3 is 0 Å². The van der Waals surface area contributed by atoms with Crippen LogP contribution in [0.2, 0.25) is 0 Å². The van der Waals surface area contributed by atoms with E-state index in [0.29, 0.717) is 6.54 Å². The van der Waals surface area contributed by atoms with Crippen LogP contribution in [0.25, 0.3) is 0 Å². The molecule has 0 aromatic carbocycles. The number of carbonyl (C=O) groups excluding carboxylic acids is 1. The van der Waals surface area contributed by atoms with Crippen LogP contribution in [-0.2, 0) is 14.3 Å². The Hall–Kier alpha value is -0.890. The largest absolute Gasteiger partial charge is 0.394 e. The van der Waals surface area contributed by atoms with Gasteiger partial charge in [-0.3, -0.25) is 4.79 Å². The van der Waals surface area contributed by atoms with Crippen LogP contribution in [-0.4, -0.2) is 110 Å². The van der Waals surface area contributed by atoms with Crippen LogP contribution in [0.1, 0.15) is 45.4 Å². The molecule has 1 fully saturated rings. The fraction of sp³-hybridized carbons (Fsp3) is 0.947. The SMILES string of the molecule is CCCCCCCCNC(=O)[C@@H](O)[C@H](O)[C@@H](O)CO[C@H]1O[C@H](CO)[C@@H](O)[C@H](O)[C@H]1O. The summed E-state index contributed by atoms with van der Waals surface area (Å²) in [6.07, 6.45) is -6.84. The van der Waals surface area contributed by atoms with Crippen molar-refractivity contribution in [3.63, 3.8) is 0 Å². The zero-order chi connectivity index (χ0) is 22.7. The monoisotopic (exact) mass is 439 g/mol. The average molecular weight is 440 g/mol. The van der Waals surface area contributed by atoms with Gasteiger partial charge in [0.2, 0.25) is 0 Å². The maximum atomic E-state index is 11.9. The molecule has 1 heterocycles. The molecule has 0 aromatic rings. The predicted octanol–water partition coefficient (Wildman–Crippen LogP) is -2.64. The molecule has 0 saturated carbocycles. The molecule has 30 heavy (non-hydrogen) atoms. The lowest BCUT2D eigenvalue weighted by molar-refractivity contribution is -0.306. The molecule has 1 aliphatic heterocycles. The Bertz CT molecular complexity index is 480. The maximum absolute atomic E-state index is 11.9. The first kappa shape index (κ1) is 27.1. The first-order chi connectivity index (χ1) is 14.2. The summed E-state index contributed by atoms with van der Waals surface area (Å²) >= 11 is 0. The van der Waals surface area contributed by atoms with Crippen LogP contribution in [0.5, 0.6) is 0 Å². The molecule has 0 aliphatic carbocycles. The summed E-state index contributed by atoms with van der Waals surface area (Å²) in [4.78, 5) is 11.9. The van der Waals surface area contributed by atoms with Gasteiger partial charge < -0.3 is 50.5 Å².